The van der Waals surface area contributed by atoms with Crippen molar-refractivity contribution < 1.29 is 9.18 Å². The SMILES string of the molecule is Cc1nc2nc(SCc3nnc(C(=O)NCc4ccc(F)cc4)s3)nn2c(C)c1C. The molecule has 0 saturated carbocycles. The fourth-order valence-corrected chi connectivity index (χ4v) is 4.25. The first-order valence-corrected chi connectivity index (χ1v) is 10.9. The third-order valence-electron chi connectivity index (χ3n) is 4.59. The monoisotopic (exact) mass is 443 g/mol. The van der Waals surface area contributed by atoms with Gasteiger partial charge in [0.15, 0.2) is 0 Å². The lowest BCUT2D eigenvalue weighted by Gasteiger charge is -2.04. The molecule has 0 aliphatic heterocycles. The van der Waals surface area contributed by atoms with E-state index in [0.29, 0.717) is 28.2 Å². The zero-order chi connectivity index (χ0) is 21.3. The molecular formula is C19H18FN7OS2. The second kappa shape index (κ2) is 8.44. The Labute approximate surface area is 180 Å². The van der Waals surface area contributed by atoms with Crippen LogP contribution in [0.2, 0.25) is 0 Å². The molecule has 154 valence electrons. The molecule has 0 atom stereocenters. The average Bonchev–Trinajstić information content (AvgIpc) is 3.37. The quantitative estimate of drug-likeness (QED) is 0.457. The molecular weight excluding hydrogens is 425 g/mol. The van der Waals surface area contributed by atoms with Crippen LogP contribution in [0.3, 0.4) is 0 Å². The van der Waals surface area contributed by atoms with Crippen LogP contribution in [0.4, 0.5) is 4.39 Å². The molecule has 0 radical (unpaired) electrons. The van der Waals surface area contributed by atoms with Gasteiger partial charge in [0.1, 0.15) is 10.8 Å². The smallest absolute Gasteiger partial charge is 0.282 e. The molecule has 8 nitrogen and oxygen atoms in total. The van der Waals surface area contributed by atoms with Crippen LogP contribution < -0.4 is 5.32 Å². The number of benzene rings is 1. The predicted molar refractivity (Wildman–Crippen MR) is 112 cm³/mol. The van der Waals surface area contributed by atoms with Crippen molar-refractivity contribution in [1.82, 2.24) is 35.1 Å². The maximum atomic E-state index is 12.9. The van der Waals surface area contributed by atoms with Crippen molar-refractivity contribution in [2.24, 2.45) is 0 Å². The van der Waals surface area contributed by atoms with E-state index in [4.69, 9.17) is 0 Å². The average molecular weight is 444 g/mol. The lowest BCUT2D eigenvalue weighted by molar-refractivity contribution is 0.0950. The van der Waals surface area contributed by atoms with Gasteiger partial charge in [-0.15, -0.1) is 15.3 Å². The van der Waals surface area contributed by atoms with Crippen LogP contribution in [0.5, 0.6) is 0 Å². The molecule has 4 aromatic rings. The van der Waals surface area contributed by atoms with E-state index in [9.17, 15) is 9.18 Å². The Kier molecular flexibility index (Phi) is 5.73. The minimum atomic E-state index is -0.315. The van der Waals surface area contributed by atoms with Gasteiger partial charge in [-0.2, -0.15) is 4.98 Å². The van der Waals surface area contributed by atoms with Gasteiger partial charge in [0.05, 0.1) is 5.75 Å². The molecule has 0 aliphatic carbocycles. The second-order valence-electron chi connectivity index (χ2n) is 6.61. The Balaban J connectivity index is 1.37. The van der Waals surface area contributed by atoms with Crippen molar-refractivity contribution >= 4 is 34.8 Å². The summed E-state index contributed by atoms with van der Waals surface area (Å²) >= 11 is 2.63. The Bertz CT molecular complexity index is 1220. The van der Waals surface area contributed by atoms with Crippen LogP contribution >= 0.6 is 23.1 Å². The maximum absolute atomic E-state index is 12.9. The van der Waals surface area contributed by atoms with Gasteiger partial charge in [-0.1, -0.05) is 35.2 Å². The first-order chi connectivity index (χ1) is 14.4. The van der Waals surface area contributed by atoms with Crippen LogP contribution in [0, 0.1) is 26.6 Å². The third kappa shape index (κ3) is 4.31. The van der Waals surface area contributed by atoms with Crippen molar-refractivity contribution in [2.45, 2.75) is 38.2 Å². The number of hydrogen-bond donors (Lipinski definition) is 1. The normalized spacial score (nSPS) is 11.2. The number of nitrogens with zero attached hydrogens (tertiary/aromatic N) is 6. The number of fused-ring (bicyclic) bond motifs is 1. The van der Waals surface area contributed by atoms with Gasteiger partial charge >= 0.3 is 0 Å². The summed E-state index contributed by atoms with van der Waals surface area (Å²) in [6, 6.07) is 5.96. The van der Waals surface area contributed by atoms with E-state index in [-0.39, 0.29) is 16.7 Å². The lowest BCUT2D eigenvalue weighted by Crippen LogP contribution is -2.22. The van der Waals surface area contributed by atoms with E-state index in [2.05, 4.69) is 30.6 Å². The van der Waals surface area contributed by atoms with Crippen molar-refractivity contribution in [3.05, 3.63) is 62.6 Å². The number of nitrogens with one attached hydrogen (secondary N) is 1. The Morgan fingerprint density at radius 2 is 1.93 bits per heavy atom. The third-order valence-corrected chi connectivity index (χ3v) is 6.55. The van der Waals surface area contributed by atoms with Gasteiger partial charge in [-0.05, 0) is 44.0 Å². The van der Waals surface area contributed by atoms with Gasteiger partial charge in [0, 0.05) is 17.9 Å². The minimum Gasteiger partial charge on any atom is -0.346 e. The Hall–Kier alpha value is -2.92. The Morgan fingerprint density at radius 3 is 2.70 bits per heavy atom. The molecule has 11 heteroatoms. The number of hydrogen-bond acceptors (Lipinski definition) is 8. The van der Waals surface area contributed by atoms with Crippen molar-refractivity contribution in [1.29, 1.82) is 0 Å². The highest BCUT2D eigenvalue weighted by atomic mass is 32.2. The molecule has 1 N–H and O–H groups in total. The molecule has 3 aromatic heterocycles. The van der Waals surface area contributed by atoms with Crippen LogP contribution in [0.15, 0.2) is 29.4 Å². The fourth-order valence-electron chi connectivity index (χ4n) is 2.69. The molecule has 1 amide bonds. The topological polar surface area (TPSA) is 98.0 Å². The predicted octanol–water partition coefficient (Wildman–Crippen LogP) is 3.26. The van der Waals surface area contributed by atoms with Crippen LogP contribution in [-0.4, -0.2) is 35.7 Å². The number of amides is 1. The standard InChI is InChI=1S/C19H18FN7OS2/c1-10-11(2)22-18-23-19(26-27(18)12(10)3)29-9-15-24-25-17(30-15)16(28)21-8-13-4-6-14(20)7-5-13/h4-7H,8-9H2,1-3H3,(H,21,28). The zero-order valence-corrected chi connectivity index (χ0v) is 18.1. The van der Waals surface area contributed by atoms with Gasteiger partial charge < -0.3 is 5.32 Å². The summed E-state index contributed by atoms with van der Waals surface area (Å²) in [6.45, 7) is 6.24. The summed E-state index contributed by atoms with van der Waals surface area (Å²) in [5.41, 5.74) is 3.83. The van der Waals surface area contributed by atoms with E-state index in [1.54, 1.807) is 16.6 Å². The largest absolute Gasteiger partial charge is 0.346 e. The summed E-state index contributed by atoms with van der Waals surface area (Å²) in [5, 5.41) is 16.9. The number of thioether (sulfide) groups is 1. The van der Waals surface area contributed by atoms with Crippen LogP contribution in [0.25, 0.3) is 5.78 Å². The van der Waals surface area contributed by atoms with Gasteiger partial charge in [-0.3, -0.25) is 4.79 Å². The molecule has 0 aliphatic rings. The summed E-state index contributed by atoms with van der Waals surface area (Å²) in [4.78, 5) is 21.2. The zero-order valence-electron chi connectivity index (χ0n) is 16.5. The van der Waals surface area contributed by atoms with Gasteiger partial charge in [-0.25, -0.2) is 13.9 Å². The maximum Gasteiger partial charge on any atom is 0.282 e. The van der Waals surface area contributed by atoms with Gasteiger partial charge in [0.2, 0.25) is 10.2 Å². The summed E-state index contributed by atoms with van der Waals surface area (Å²) in [7, 11) is 0. The molecule has 1 aromatic carbocycles. The lowest BCUT2D eigenvalue weighted by atomic mass is 10.2. The molecule has 0 bridgehead atoms. The number of carbonyl (C=O) groups is 1. The first-order valence-electron chi connectivity index (χ1n) is 9.09. The number of rotatable bonds is 6. The van der Waals surface area contributed by atoms with E-state index < -0.39 is 0 Å². The van der Waals surface area contributed by atoms with E-state index in [1.807, 2.05) is 20.8 Å². The molecule has 30 heavy (non-hydrogen) atoms. The van der Waals surface area contributed by atoms with Crippen LogP contribution in [0.1, 0.15) is 37.3 Å². The summed E-state index contributed by atoms with van der Waals surface area (Å²) < 4.78 is 14.7. The number of halogens is 1. The molecule has 4 rings (SSSR count). The molecule has 0 saturated heterocycles. The van der Waals surface area contributed by atoms with E-state index in [0.717, 1.165) is 22.5 Å². The first kappa shape index (κ1) is 20.4. The summed E-state index contributed by atoms with van der Waals surface area (Å²) in [6.07, 6.45) is 0. The van der Waals surface area contributed by atoms with E-state index in [1.165, 1.54) is 35.2 Å². The van der Waals surface area contributed by atoms with Crippen molar-refractivity contribution in [3.63, 3.8) is 0 Å². The Morgan fingerprint density at radius 1 is 1.17 bits per heavy atom. The number of aromatic nitrogens is 6. The molecule has 3 heterocycles. The second-order valence-corrected chi connectivity index (χ2v) is 8.62. The fraction of sp³-hybridized carbons (Fsp3) is 0.263. The van der Waals surface area contributed by atoms with Crippen LogP contribution in [-0.2, 0) is 12.3 Å². The van der Waals surface area contributed by atoms with Crippen molar-refractivity contribution in [2.75, 3.05) is 0 Å². The number of carbonyl (C=O) groups excluding carboxylic acids is 1. The molecule has 0 fully saturated rings. The highest BCUT2D eigenvalue weighted by Crippen LogP contribution is 2.23. The number of aryl methyl sites for hydroxylation is 2. The molecule has 0 unspecified atom stereocenters. The van der Waals surface area contributed by atoms with E-state index >= 15 is 0 Å². The minimum absolute atomic E-state index is 0.277. The molecule has 0 spiro atoms. The highest BCUT2D eigenvalue weighted by Gasteiger charge is 2.15. The van der Waals surface area contributed by atoms with Gasteiger partial charge in [0.25, 0.3) is 11.7 Å². The van der Waals surface area contributed by atoms with Crippen molar-refractivity contribution in [3.8, 4) is 0 Å². The summed E-state index contributed by atoms with van der Waals surface area (Å²) in [5.74, 6) is 0.435. The highest BCUT2D eigenvalue weighted by molar-refractivity contribution is 7.98.